The Labute approximate surface area is 306 Å². The van der Waals surface area contributed by atoms with Crippen LogP contribution in [0.25, 0.3) is 0 Å². The number of hydrogen-bond acceptors (Lipinski definition) is 8. The second-order valence-corrected chi connectivity index (χ2v) is 15.1. The van der Waals surface area contributed by atoms with Crippen molar-refractivity contribution in [1.29, 1.82) is 0 Å². The van der Waals surface area contributed by atoms with Gasteiger partial charge in [-0.25, -0.2) is 0 Å². The van der Waals surface area contributed by atoms with Crippen molar-refractivity contribution in [2.24, 2.45) is 0 Å². The fourth-order valence-electron chi connectivity index (χ4n) is 6.98. The second-order valence-electron chi connectivity index (χ2n) is 15.1. The van der Waals surface area contributed by atoms with Gasteiger partial charge in [0, 0.05) is 6.42 Å². The molecule has 0 aliphatic carbocycles. The fourth-order valence-corrected chi connectivity index (χ4v) is 6.98. The normalized spacial score (nSPS) is 22.1. The summed E-state index contributed by atoms with van der Waals surface area (Å²) in [5, 5.41) is 54.1. The Morgan fingerprint density at radius 2 is 1.00 bits per heavy atom. The molecule has 1 amide bonds. The van der Waals surface area contributed by atoms with E-state index in [2.05, 4.69) is 19.2 Å². The van der Waals surface area contributed by atoms with Gasteiger partial charge in [0.2, 0.25) is 5.91 Å². The number of carbonyl (C=O) groups excluding carboxylic acids is 1. The van der Waals surface area contributed by atoms with E-state index >= 15 is 0 Å². The van der Waals surface area contributed by atoms with Gasteiger partial charge < -0.3 is 40.3 Å². The predicted octanol–water partition coefficient (Wildman–Crippen LogP) is 8.00. The van der Waals surface area contributed by atoms with Crippen LogP contribution in [0.3, 0.4) is 0 Å². The highest BCUT2D eigenvalue weighted by molar-refractivity contribution is 5.76. The highest BCUT2D eigenvalue weighted by atomic mass is 16.7. The van der Waals surface area contributed by atoms with Gasteiger partial charge in [-0.05, 0) is 12.8 Å². The first-order valence-corrected chi connectivity index (χ1v) is 21.2. The van der Waals surface area contributed by atoms with Gasteiger partial charge in [-0.3, -0.25) is 4.79 Å². The van der Waals surface area contributed by atoms with Crippen molar-refractivity contribution in [2.75, 3.05) is 13.2 Å². The highest BCUT2D eigenvalue weighted by Crippen LogP contribution is 2.23. The van der Waals surface area contributed by atoms with E-state index in [9.17, 15) is 30.3 Å². The lowest BCUT2D eigenvalue weighted by molar-refractivity contribution is -0.302. The fraction of sp³-hybridized carbons (Fsp3) is 0.976. The molecule has 50 heavy (non-hydrogen) atoms. The number of aliphatic hydroxyl groups excluding tert-OH is 5. The molecule has 0 spiro atoms. The van der Waals surface area contributed by atoms with Crippen LogP contribution in [0.15, 0.2) is 0 Å². The molecule has 9 nitrogen and oxygen atoms in total. The number of carbonyl (C=O) groups is 1. The smallest absolute Gasteiger partial charge is 0.220 e. The molecule has 1 aliphatic rings. The molecule has 0 bridgehead atoms. The molecule has 298 valence electrons. The Balaban J connectivity index is 2.30. The summed E-state index contributed by atoms with van der Waals surface area (Å²) in [6, 6.07) is -0.709. The minimum atomic E-state index is -1.55. The number of nitrogens with one attached hydrogen (secondary N) is 1. The van der Waals surface area contributed by atoms with Crippen LogP contribution in [-0.4, -0.2) is 87.5 Å². The topological polar surface area (TPSA) is 149 Å². The largest absolute Gasteiger partial charge is 0.394 e. The summed E-state index contributed by atoms with van der Waals surface area (Å²) in [6.07, 6.45) is 26.9. The third-order valence-corrected chi connectivity index (χ3v) is 10.5. The molecule has 1 aliphatic heterocycles. The maximum atomic E-state index is 12.9. The Hall–Kier alpha value is -0.810. The molecule has 0 aromatic carbocycles. The van der Waals surface area contributed by atoms with Crippen molar-refractivity contribution < 1.29 is 39.8 Å². The number of amides is 1. The lowest BCUT2D eigenvalue weighted by atomic mass is 9.99. The van der Waals surface area contributed by atoms with Crippen molar-refractivity contribution in [3.63, 3.8) is 0 Å². The summed E-state index contributed by atoms with van der Waals surface area (Å²) in [5.41, 5.74) is 0. The van der Waals surface area contributed by atoms with Gasteiger partial charge in [-0.2, -0.15) is 0 Å². The van der Waals surface area contributed by atoms with Crippen LogP contribution >= 0.6 is 0 Å². The zero-order valence-electron chi connectivity index (χ0n) is 32.4. The number of aliphatic hydroxyl groups is 5. The molecule has 0 aromatic rings. The Morgan fingerprint density at radius 1 is 0.600 bits per heavy atom. The molecule has 0 aromatic heterocycles. The summed E-state index contributed by atoms with van der Waals surface area (Å²) in [5.74, 6) is -0.143. The molecule has 1 saturated heterocycles. The number of ether oxygens (including phenoxy) is 2. The minimum absolute atomic E-state index is 0.133. The van der Waals surface area contributed by atoms with Crippen LogP contribution in [0.4, 0.5) is 0 Å². The average Bonchev–Trinajstić information content (AvgIpc) is 3.11. The van der Waals surface area contributed by atoms with E-state index in [4.69, 9.17) is 9.47 Å². The van der Waals surface area contributed by atoms with E-state index in [0.717, 1.165) is 38.5 Å². The Kier molecular flexibility index (Phi) is 31.0. The van der Waals surface area contributed by atoms with Gasteiger partial charge in [0.15, 0.2) is 6.29 Å². The molecule has 7 atom stereocenters. The second kappa shape index (κ2) is 32.8. The first kappa shape index (κ1) is 47.2. The van der Waals surface area contributed by atoms with Gasteiger partial charge in [0.05, 0.1) is 25.4 Å². The number of unbranched alkanes of at least 4 members (excludes halogenated alkanes) is 25. The van der Waals surface area contributed by atoms with Crippen molar-refractivity contribution in [1.82, 2.24) is 5.32 Å². The number of hydrogen-bond donors (Lipinski definition) is 6. The monoisotopic (exact) mass is 716 g/mol. The van der Waals surface area contributed by atoms with E-state index in [-0.39, 0.29) is 12.5 Å². The van der Waals surface area contributed by atoms with E-state index < -0.39 is 49.5 Å². The zero-order chi connectivity index (χ0) is 36.7. The molecule has 1 heterocycles. The quantitative estimate of drug-likeness (QED) is 0.0362. The van der Waals surface area contributed by atoms with Gasteiger partial charge in [0.25, 0.3) is 0 Å². The Morgan fingerprint density at radius 3 is 1.42 bits per heavy atom. The summed E-state index contributed by atoms with van der Waals surface area (Å²) < 4.78 is 11.2. The van der Waals surface area contributed by atoms with E-state index in [1.54, 1.807) is 0 Å². The minimum Gasteiger partial charge on any atom is -0.394 e. The van der Waals surface area contributed by atoms with Crippen LogP contribution in [0.5, 0.6) is 0 Å². The maximum absolute atomic E-state index is 12.9. The third kappa shape index (κ3) is 23.7. The van der Waals surface area contributed by atoms with Crippen molar-refractivity contribution >= 4 is 5.91 Å². The molecule has 9 heteroatoms. The van der Waals surface area contributed by atoms with Gasteiger partial charge in [-0.15, -0.1) is 0 Å². The lowest BCUT2D eigenvalue weighted by Crippen LogP contribution is -2.60. The molecule has 0 saturated carbocycles. The van der Waals surface area contributed by atoms with Crippen molar-refractivity contribution in [3.05, 3.63) is 0 Å². The zero-order valence-corrected chi connectivity index (χ0v) is 32.4. The van der Waals surface area contributed by atoms with E-state index in [1.807, 2.05) is 0 Å². The van der Waals surface area contributed by atoms with Crippen LogP contribution < -0.4 is 5.32 Å². The predicted molar refractivity (Wildman–Crippen MR) is 203 cm³/mol. The van der Waals surface area contributed by atoms with E-state index in [1.165, 1.54) is 135 Å². The summed E-state index contributed by atoms with van der Waals surface area (Å²) in [7, 11) is 0. The lowest BCUT2D eigenvalue weighted by Gasteiger charge is -2.40. The third-order valence-electron chi connectivity index (χ3n) is 10.5. The molecular formula is C41H81NO8. The van der Waals surface area contributed by atoms with Crippen LogP contribution in [-0.2, 0) is 14.3 Å². The standard InChI is InChI=1S/C41H81NO8/c1-3-5-7-9-11-13-14-15-16-17-18-19-20-21-23-25-27-29-31-37(45)42-34(35(44)30-28-26-24-22-12-10-8-6-4-2)33-49-41-40(48)39(47)38(46)36(32-43)50-41/h34-36,38-41,43-44,46-48H,3-33H2,1-2H3,(H,42,45). The summed E-state index contributed by atoms with van der Waals surface area (Å²) >= 11 is 0. The van der Waals surface area contributed by atoms with Crippen LogP contribution in [0.2, 0.25) is 0 Å². The van der Waals surface area contributed by atoms with E-state index in [0.29, 0.717) is 12.8 Å². The molecule has 0 radical (unpaired) electrons. The molecule has 6 N–H and O–H groups in total. The van der Waals surface area contributed by atoms with Gasteiger partial charge in [-0.1, -0.05) is 181 Å². The molecule has 1 rings (SSSR count). The molecule has 1 fully saturated rings. The van der Waals surface area contributed by atoms with Crippen LogP contribution in [0.1, 0.15) is 200 Å². The van der Waals surface area contributed by atoms with Crippen molar-refractivity contribution in [2.45, 2.75) is 243 Å². The number of rotatable bonds is 35. The van der Waals surface area contributed by atoms with Gasteiger partial charge >= 0.3 is 0 Å². The first-order valence-electron chi connectivity index (χ1n) is 21.2. The molecule has 7 unspecified atom stereocenters. The molecular weight excluding hydrogens is 634 g/mol. The van der Waals surface area contributed by atoms with Crippen molar-refractivity contribution in [3.8, 4) is 0 Å². The maximum Gasteiger partial charge on any atom is 0.220 e. The Bertz CT molecular complexity index is 756. The average molecular weight is 716 g/mol. The SMILES string of the molecule is CCCCCCCCCCCCCCCCCCCCC(=O)NC(COC1OC(CO)C(O)C(O)C1O)C(O)CCCCCCCCCCC. The summed E-state index contributed by atoms with van der Waals surface area (Å²) in [6.45, 7) is 3.81. The van der Waals surface area contributed by atoms with Gasteiger partial charge in [0.1, 0.15) is 24.4 Å². The van der Waals surface area contributed by atoms with Crippen LogP contribution in [0, 0.1) is 0 Å². The highest BCUT2D eigenvalue weighted by Gasteiger charge is 2.44. The first-order chi connectivity index (χ1) is 24.3. The summed E-state index contributed by atoms with van der Waals surface area (Å²) in [4.78, 5) is 12.9.